The number of rotatable bonds is 6. The number of halogens is 1. The summed E-state index contributed by atoms with van der Waals surface area (Å²) in [6, 6.07) is 7.48. The fourth-order valence-electron chi connectivity index (χ4n) is 2.04. The zero-order chi connectivity index (χ0) is 16.9. The van der Waals surface area contributed by atoms with Gasteiger partial charge in [-0.25, -0.2) is 9.97 Å². The van der Waals surface area contributed by atoms with Crippen LogP contribution in [-0.2, 0) is 29.0 Å². The smallest absolute Gasteiger partial charge is 0.312 e. The number of ether oxygens (including phenoxy) is 1. The van der Waals surface area contributed by atoms with E-state index >= 15 is 0 Å². The predicted octanol–water partition coefficient (Wildman–Crippen LogP) is 4.77. The van der Waals surface area contributed by atoms with E-state index in [4.69, 9.17) is 16.3 Å². The summed E-state index contributed by atoms with van der Waals surface area (Å²) in [5.74, 6) is -0.297. The Morgan fingerprint density at radius 1 is 1.12 bits per heavy atom. The Labute approximate surface area is 153 Å². The number of esters is 1. The summed E-state index contributed by atoms with van der Waals surface area (Å²) in [7, 11) is 0. The van der Waals surface area contributed by atoms with Gasteiger partial charge in [-0.05, 0) is 18.6 Å². The molecule has 2 heterocycles. The van der Waals surface area contributed by atoms with E-state index < -0.39 is 0 Å². The molecule has 0 spiro atoms. The zero-order valence-corrected chi connectivity index (χ0v) is 15.4. The maximum Gasteiger partial charge on any atom is 0.312 e. The Kier molecular flexibility index (Phi) is 5.60. The van der Waals surface area contributed by atoms with Crippen molar-refractivity contribution >= 4 is 40.2 Å². The van der Waals surface area contributed by atoms with Gasteiger partial charge in [-0.2, -0.15) is 0 Å². The van der Waals surface area contributed by atoms with Gasteiger partial charge in [0.1, 0.15) is 11.6 Å². The fourth-order valence-corrected chi connectivity index (χ4v) is 3.73. The number of carbonyl (C=O) groups is 1. The average Bonchev–Trinajstić information content (AvgIpc) is 3.23. The molecule has 0 aliphatic carbocycles. The quantitative estimate of drug-likeness (QED) is 0.580. The third-order valence-corrected chi connectivity index (χ3v) is 5.49. The molecule has 0 radical (unpaired) electrons. The Morgan fingerprint density at radius 3 is 2.58 bits per heavy atom. The van der Waals surface area contributed by atoms with Crippen molar-refractivity contribution in [3.63, 3.8) is 0 Å². The lowest BCUT2D eigenvalue weighted by Gasteiger charge is -2.01. The third-order valence-electron chi connectivity index (χ3n) is 3.25. The molecule has 3 rings (SSSR count). The van der Waals surface area contributed by atoms with E-state index in [1.54, 1.807) is 11.3 Å². The second-order valence-corrected chi connectivity index (χ2v) is 7.31. The molecule has 0 N–H and O–H groups in total. The lowest BCUT2D eigenvalue weighted by atomic mass is 10.2. The van der Waals surface area contributed by atoms with Crippen LogP contribution >= 0.6 is 34.3 Å². The summed E-state index contributed by atoms with van der Waals surface area (Å²) in [6.07, 6.45) is 1.06. The van der Waals surface area contributed by atoms with Crippen molar-refractivity contribution in [1.82, 2.24) is 9.97 Å². The van der Waals surface area contributed by atoms with Gasteiger partial charge in [0.25, 0.3) is 0 Å². The summed E-state index contributed by atoms with van der Waals surface area (Å²) in [4.78, 5) is 20.8. The predicted molar refractivity (Wildman–Crippen MR) is 97.6 cm³/mol. The molecule has 4 nitrogen and oxygen atoms in total. The second-order valence-electron chi connectivity index (χ2n) is 5.07. The van der Waals surface area contributed by atoms with E-state index in [0.29, 0.717) is 10.7 Å². The minimum atomic E-state index is -0.297. The maximum absolute atomic E-state index is 12.0. The van der Waals surface area contributed by atoms with E-state index in [9.17, 15) is 4.79 Å². The van der Waals surface area contributed by atoms with E-state index in [2.05, 4.69) is 16.9 Å². The number of nitrogens with zero attached hydrogens (tertiary/aromatic N) is 2. The van der Waals surface area contributed by atoms with Gasteiger partial charge < -0.3 is 4.74 Å². The Balaban J connectivity index is 1.56. The molecular formula is C17H15ClN2O2S2. The maximum atomic E-state index is 12.0. The molecule has 1 aromatic carbocycles. The lowest BCUT2D eigenvalue weighted by molar-refractivity contribution is -0.144. The van der Waals surface area contributed by atoms with Crippen molar-refractivity contribution in [3.8, 4) is 10.6 Å². The Morgan fingerprint density at radius 2 is 1.88 bits per heavy atom. The lowest BCUT2D eigenvalue weighted by Crippen LogP contribution is -2.08. The van der Waals surface area contributed by atoms with Gasteiger partial charge in [0.2, 0.25) is 0 Å². The monoisotopic (exact) mass is 378 g/mol. The molecular weight excluding hydrogens is 364 g/mol. The molecule has 0 aliphatic heterocycles. The molecule has 0 saturated heterocycles. The number of aryl methyl sites for hydroxylation is 1. The third kappa shape index (κ3) is 4.41. The van der Waals surface area contributed by atoms with Crippen LogP contribution in [0.1, 0.15) is 23.3 Å². The number of hydrogen-bond donors (Lipinski definition) is 0. The molecule has 0 saturated carbocycles. The van der Waals surface area contributed by atoms with Crippen molar-refractivity contribution in [2.75, 3.05) is 0 Å². The number of thiazole rings is 2. The van der Waals surface area contributed by atoms with Crippen molar-refractivity contribution in [2.24, 2.45) is 0 Å². The van der Waals surface area contributed by atoms with E-state index in [-0.39, 0.29) is 19.0 Å². The van der Waals surface area contributed by atoms with E-state index in [0.717, 1.165) is 27.7 Å². The highest BCUT2D eigenvalue weighted by Gasteiger charge is 2.11. The highest BCUT2D eigenvalue weighted by atomic mass is 35.5. The van der Waals surface area contributed by atoms with Gasteiger partial charge in [-0.1, -0.05) is 30.7 Å². The normalized spacial score (nSPS) is 10.8. The van der Waals surface area contributed by atoms with Crippen LogP contribution < -0.4 is 0 Å². The first-order valence-electron chi connectivity index (χ1n) is 7.43. The largest absolute Gasteiger partial charge is 0.459 e. The van der Waals surface area contributed by atoms with Gasteiger partial charge in [0.15, 0.2) is 0 Å². The van der Waals surface area contributed by atoms with Crippen molar-refractivity contribution in [1.29, 1.82) is 0 Å². The topological polar surface area (TPSA) is 52.1 Å². The molecule has 24 heavy (non-hydrogen) atoms. The van der Waals surface area contributed by atoms with Gasteiger partial charge in [-0.3, -0.25) is 4.79 Å². The van der Waals surface area contributed by atoms with Crippen LogP contribution in [-0.4, -0.2) is 15.9 Å². The molecule has 0 aliphatic rings. The first-order valence-corrected chi connectivity index (χ1v) is 9.57. The summed E-state index contributed by atoms with van der Waals surface area (Å²) in [6.45, 7) is 2.26. The van der Waals surface area contributed by atoms with Crippen molar-refractivity contribution in [2.45, 2.75) is 26.4 Å². The summed E-state index contributed by atoms with van der Waals surface area (Å²) in [5, 5.41) is 6.40. The Hall–Kier alpha value is -1.76. The SMILES string of the molecule is CCc1nc(COC(=O)Cc2csc(-c3ccc(Cl)cc3)n2)cs1. The van der Waals surface area contributed by atoms with Crippen LogP contribution in [0.15, 0.2) is 35.0 Å². The van der Waals surface area contributed by atoms with E-state index in [1.165, 1.54) is 11.3 Å². The van der Waals surface area contributed by atoms with E-state index in [1.807, 2.05) is 35.0 Å². The summed E-state index contributed by atoms with van der Waals surface area (Å²) in [5.41, 5.74) is 2.49. The first kappa shape index (κ1) is 17.1. The molecule has 0 bridgehead atoms. The number of hydrogen-bond acceptors (Lipinski definition) is 6. The molecule has 0 atom stereocenters. The van der Waals surface area contributed by atoms with Crippen molar-refractivity contribution < 1.29 is 9.53 Å². The van der Waals surface area contributed by atoms with Crippen LogP contribution in [0.25, 0.3) is 10.6 Å². The van der Waals surface area contributed by atoms with Gasteiger partial charge in [0, 0.05) is 21.3 Å². The van der Waals surface area contributed by atoms with Crippen LogP contribution in [0.2, 0.25) is 5.02 Å². The molecule has 3 aromatic rings. The minimum absolute atomic E-state index is 0.162. The highest BCUT2D eigenvalue weighted by molar-refractivity contribution is 7.13. The summed E-state index contributed by atoms with van der Waals surface area (Å²) < 4.78 is 5.27. The highest BCUT2D eigenvalue weighted by Crippen LogP contribution is 2.25. The van der Waals surface area contributed by atoms with Crippen molar-refractivity contribution in [3.05, 3.63) is 56.4 Å². The number of benzene rings is 1. The fraction of sp³-hybridized carbons (Fsp3) is 0.235. The number of aromatic nitrogens is 2. The standard InChI is InChI=1S/C17H15ClN2O2S2/c1-2-15-19-14(10-23-15)8-22-16(21)7-13-9-24-17(20-13)11-3-5-12(18)6-4-11/h3-6,9-10H,2,7-8H2,1H3. The molecule has 0 fully saturated rings. The minimum Gasteiger partial charge on any atom is -0.459 e. The molecule has 7 heteroatoms. The van der Waals surface area contributed by atoms with Crippen LogP contribution in [0.5, 0.6) is 0 Å². The molecule has 0 amide bonds. The molecule has 2 aromatic heterocycles. The molecule has 124 valence electrons. The first-order chi connectivity index (χ1) is 11.6. The van der Waals surface area contributed by atoms with Crippen LogP contribution in [0.4, 0.5) is 0 Å². The Bertz CT molecular complexity index is 827. The average molecular weight is 379 g/mol. The zero-order valence-electron chi connectivity index (χ0n) is 13.0. The number of carbonyl (C=O) groups excluding carboxylic acids is 1. The molecule has 0 unspecified atom stereocenters. The van der Waals surface area contributed by atoms with Gasteiger partial charge in [0.05, 0.1) is 22.8 Å². The van der Waals surface area contributed by atoms with Crippen LogP contribution in [0, 0.1) is 0 Å². The second kappa shape index (κ2) is 7.88. The summed E-state index contributed by atoms with van der Waals surface area (Å²) >= 11 is 8.97. The van der Waals surface area contributed by atoms with Gasteiger partial charge >= 0.3 is 5.97 Å². The van der Waals surface area contributed by atoms with Gasteiger partial charge in [-0.15, -0.1) is 22.7 Å². The van der Waals surface area contributed by atoms with Crippen LogP contribution in [0.3, 0.4) is 0 Å².